The second-order valence-electron chi connectivity index (χ2n) is 2.40. The van der Waals surface area contributed by atoms with Crippen LogP contribution in [0.1, 0.15) is 19.8 Å². The molecule has 0 radical (unpaired) electrons. The first kappa shape index (κ1) is 10.6. The fraction of sp³-hybridized carbons (Fsp3) is 0.571. The highest BCUT2D eigenvalue weighted by atomic mass is 16.4. The van der Waals surface area contributed by atoms with Gasteiger partial charge in [0, 0.05) is 19.4 Å². The Kier molecular flexibility index (Phi) is 4.67. The van der Waals surface area contributed by atoms with Gasteiger partial charge in [-0.05, 0) is 0 Å². The van der Waals surface area contributed by atoms with Crippen molar-refractivity contribution in [2.45, 2.75) is 25.8 Å². The summed E-state index contributed by atoms with van der Waals surface area (Å²) in [5.74, 6) is -1.36. The smallest absolute Gasteiger partial charge is 0.305 e. The Morgan fingerprint density at radius 1 is 1.58 bits per heavy atom. The van der Waals surface area contributed by atoms with Gasteiger partial charge in [0.1, 0.15) is 6.29 Å². The highest BCUT2D eigenvalue weighted by Gasteiger charge is 2.12. The maximum absolute atomic E-state index is 10.5. The molecule has 0 bridgehead atoms. The van der Waals surface area contributed by atoms with Crippen LogP contribution in [0.2, 0.25) is 0 Å². The number of aldehydes is 1. The number of hydrogen-bond acceptors (Lipinski definition) is 3. The van der Waals surface area contributed by atoms with Crippen LogP contribution in [0.25, 0.3) is 0 Å². The minimum Gasteiger partial charge on any atom is -0.481 e. The molecule has 2 N–H and O–H groups in total. The van der Waals surface area contributed by atoms with Crippen LogP contribution in [-0.2, 0) is 14.4 Å². The predicted molar refractivity (Wildman–Crippen MR) is 40.5 cm³/mol. The molecular formula is C7H11NO4. The summed E-state index contributed by atoms with van der Waals surface area (Å²) in [5, 5.41) is 10.7. The van der Waals surface area contributed by atoms with Crippen LogP contribution in [0.15, 0.2) is 0 Å². The minimum atomic E-state index is -1.03. The summed E-state index contributed by atoms with van der Waals surface area (Å²) in [6.07, 6.45) is 0.397. The Bertz CT molecular complexity index is 174. The SMILES string of the molecule is CC(=O)NC(CC=O)CC(=O)O. The Morgan fingerprint density at radius 2 is 2.17 bits per heavy atom. The fourth-order valence-corrected chi connectivity index (χ4v) is 0.808. The topological polar surface area (TPSA) is 83.5 Å². The van der Waals surface area contributed by atoms with Crippen LogP contribution in [-0.4, -0.2) is 29.3 Å². The van der Waals surface area contributed by atoms with E-state index in [0.717, 1.165) is 0 Å². The third kappa shape index (κ3) is 5.40. The van der Waals surface area contributed by atoms with Crippen LogP contribution in [0.3, 0.4) is 0 Å². The van der Waals surface area contributed by atoms with E-state index < -0.39 is 12.0 Å². The Hall–Kier alpha value is -1.39. The summed E-state index contributed by atoms with van der Waals surface area (Å²) in [6, 6.07) is -0.586. The molecule has 0 spiro atoms. The second kappa shape index (κ2) is 5.29. The van der Waals surface area contributed by atoms with Crippen molar-refractivity contribution in [3.8, 4) is 0 Å². The van der Waals surface area contributed by atoms with Crippen molar-refractivity contribution < 1.29 is 19.5 Å². The van der Waals surface area contributed by atoms with Crippen molar-refractivity contribution >= 4 is 18.2 Å². The Morgan fingerprint density at radius 3 is 2.50 bits per heavy atom. The number of carbonyl (C=O) groups is 3. The van der Waals surface area contributed by atoms with Gasteiger partial charge in [-0.1, -0.05) is 0 Å². The number of carboxylic acids is 1. The average molecular weight is 173 g/mol. The Balaban J connectivity index is 3.93. The van der Waals surface area contributed by atoms with E-state index in [1.54, 1.807) is 0 Å². The highest BCUT2D eigenvalue weighted by molar-refractivity contribution is 5.75. The maximum atomic E-state index is 10.5. The molecule has 0 heterocycles. The van der Waals surface area contributed by atoms with Gasteiger partial charge in [0.05, 0.1) is 6.42 Å². The number of nitrogens with one attached hydrogen (secondary N) is 1. The van der Waals surface area contributed by atoms with E-state index in [9.17, 15) is 14.4 Å². The zero-order valence-electron chi connectivity index (χ0n) is 6.74. The van der Waals surface area contributed by atoms with Crippen molar-refractivity contribution in [1.29, 1.82) is 0 Å². The fourth-order valence-electron chi connectivity index (χ4n) is 0.808. The summed E-state index contributed by atoms with van der Waals surface area (Å²) >= 11 is 0. The first-order valence-corrected chi connectivity index (χ1v) is 3.48. The summed E-state index contributed by atoms with van der Waals surface area (Å²) in [6.45, 7) is 1.28. The van der Waals surface area contributed by atoms with Gasteiger partial charge in [-0.25, -0.2) is 0 Å². The first-order valence-electron chi connectivity index (χ1n) is 3.48. The van der Waals surface area contributed by atoms with Gasteiger partial charge in [-0.15, -0.1) is 0 Å². The largest absolute Gasteiger partial charge is 0.481 e. The number of aliphatic carboxylic acids is 1. The van der Waals surface area contributed by atoms with Crippen molar-refractivity contribution in [2.75, 3.05) is 0 Å². The normalized spacial score (nSPS) is 11.8. The maximum Gasteiger partial charge on any atom is 0.305 e. The number of carboxylic acid groups (broad SMARTS) is 1. The third-order valence-corrected chi connectivity index (χ3v) is 1.21. The minimum absolute atomic E-state index is 0.0336. The van der Waals surface area contributed by atoms with E-state index in [1.165, 1.54) is 6.92 Å². The highest BCUT2D eigenvalue weighted by Crippen LogP contribution is 1.95. The zero-order valence-corrected chi connectivity index (χ0v) is 6.74. The van der Waals surface area contributed by atoms with E-state index in [1.807, 2.05) is 0 Å². The van der Waals surface area contributed by atoms with Gasteiger partial charge in [0.2, 0.25) is 5.91 Å². The van der Waals surface area contributed by atoms with E-state index in [0.29, 0.717) is 6.29 Å². The molecule has 5 heteroatoms. The van der Waals surface area contributed by atoms with Crippen LogP contribution < -0.4 is 5.32 Å². The monoisotopic (exact) mass is 173 g/mol. The lowest BCUT2D eigenvalue weighted by molar-refractivity contribution is -0.137. The molecule has 0 aromatic heterocycles. The van der Waals surface area contributed by atoms with Crippen LogP contribution in [0.5, 0.6) is 0 Å². The average Bonchev–Trinajstić information content (AvgIpc) is 1.84. The summed E-state index contributed by atoms with van der Waals surface area (Å²) in [4.78, 5) is 30.7. The molecule has 68 valence electrons. The molecule has 0 aliphatic heterocycles. The number of carbonyl (C=O) groups excluding carboxylic acids is 2. The van der Waals surface area contributed by atoms with Gasteiger partial charge in [-0.2, -0.15) is 0 Å². The summed E-state index contributed by atoms with van der Waals surface area (Å²) in [5.41, 5.74) is 0. The van der Waals surface area contributed by atoms with E-state index in [4.69, 9.17) is 5.11 Å². The lowest BCUT2D eigenvalue weighted by atomic mass is 10.1. The molecular weight excluding hydrogens is 162 g/mol. The number of rotatable bonds is 5. The molecule has 0 aliphatic carbocycles. The lowest BCUT2D eigenvalue weighted by Crippen LogP contribution is -2.35. The van der Waals surface area contributed by atoms with Crippen molar-refractivity contribution in [3.63, 3.8) is 0 Å². The number of hydrogen-bond donors (Lipinski definition) is 2. The molecule has 0 saturated heterocycles. The van der Waals surface area contributed by atoms with Crippen LogP contribution in [0, 0.1) is 0 Å². The molecule has 0 saturated carbocycles. The third-order valence-electron chi connectivity index (χ3n) is 1.21. The van der Waals surface area contributed by atoms with Gasteiger partial charge in [-0.3, -0.25) is 9.59 Å². The van der Waals surface area contributed by atoms with Gasteiger partial charge in [0.25, 0.3) is 0 Å². The number of amides is 1. The molecule has 0 aromatic rings. The molecule has 12 heavy (non-hydrogen) atoms. The molecule has 0 fully saturated rings. The quantitative estimate of drug-likeness (QED) is 0.552. The molecule has 1 atom stereocenters. The van der Waals surface area contributed by atoms with E-state index in [-0.39, 0.29) is 18.7 Å². The van der Waals surface area contributed by atoms with Crippen molar-refractivity contribution in [2.24, 2.45) is 0 Å². The summed E-state index contributed by atoms with van der Waals surface area (Å²) in [7, 11) is 0. The molecule has 0 aliphatic rings. The zero-order chi connectivity index (χ0) is 9.56. The second-order valence-corrected chi connectivity index (χ2v) is 2.40. The van der Waals surface area contributed by atoms with Gasteiger partial charge in [0.15, 0.2) is 0 Å². The van der Waals surface area contributed by atoms with Crippen LogP contribution in [0.4, 0.5) is 0 Å². The molecule has 0 aromatic carbocycles. The predicted octanol–water partition coefficient (Wildman–Crippen LogP) is -0.445. The Labute approximate surface area is 69.8 Å². The molecule has 1 unspecified atom stereocenters. The van der Waals surface area contributed by atoms with Crippen molar-refractivity contribution in [1.82, 2.24) is 5.32 Å². The molecule has 1 amide bonds. The standard InChI is InChI=1S/C7H11NO4/c1-5(10)8-6(2-3-9)4-7(11)12/h3,6H,2,4H2,1H3,(H,8,10)(H,11,12). The van der Waals surface area contributed by atoms with E-state index in [2.05, 4.69) is 5.32 Å². The van der Waals surface area contributed by atoms with E-state index >= 15 is 0 Å². The summed E-state index contributed by atoms with van der Waals surface area (Å²) < 4.78 is 0. The molecule has 0 rings (SSSR count). The first-order chi connectivity index (χ1) is 5.56. The molecule has 5 nitrogen and oxygen atoms in total. The van der Waals surface area contributed by atoms with Gasteiger partial charge < -0.3 is 15.2 Å². The lowest BCUT2D eigenvalue weighted by Gasteiger charge is -2.11. The van der Waals surface area contributed by atoms with Crippen molar-refractivity contribution in [3.05, 3.63) is 0 Å². The van der Waals surface area contributed by atoms with Gasteiger partial charge >= 0.3 is 5.97 Å². The van der Waals surface area contributed by atoms with Crippen LogP contribution >= 0.6 is 0 Å².